The molecule has 1 unspecified atom stereocenters. The maximum atomic E-state index is 11.4. The molecule has 2 nitrogen and oxygen atoms in total. The lowest BCUT2D eigenvalue weighted by Crippen LogP contribution is -2.21. The number of hydrogen-bond acceptors (Lipinski definition) is 2. The molecule has 0 fully saturated rings. The summed E-state index contributed by atoms with van der Waals surface area (Å²) in [5, 5.41) is 0.695. The summed E-state index contributed by atoms with van der Waals surface area (Å²) in [5.74, 6) is 0.770. The Morgan fingerprint density at radius 3 is 2.21 bits per heavy atom. The van der Waals surface area contributed by atoms with Gasteiger partial charge >= 0.3 is 5.97 Å². The Kier molecular flexibility index (Phi) is 5.77. The van der Waals surface area contributed by atoms with Crippen LogP contribution in [0.5, 0.6) is 0 Å². The van der Waals surface area contributed by atoms with Crippen molar-refractivity contribution in [2.24, 2.45) is 11.8 Å². The van der Waals surface area contributed by atoms with Gasteiger partial charge in [-0.1, -0.05) is 40.4 Å². The Hall–Kier alpha value is -0.573. The molecule has 0 heterocycles. The van der Waals surface area contributed by atoms with Gasteiger partial charge in [0, 0.05) is 5.20 Å². The standard InChI is InChI=1S/C11H22O2Si/c1-8(2)9(3)7-13-11(12)10(4)14(5)6/h8-9,14H,4,7H2,1-3,5-6H3. The van der Waals surface area contributed by atoms with Crippen LogP contribution in [0.1, 0.15) is 20.8 Å². The van der Waals surface area contributed by atoms with Crippen molar-refractivity contribution in [3.05, 3.63) is 11.8 Å². The number of carbonyl (C=O) groups excluding carboxylic acids is 1. The fourth-order valence-electron chi connectivity index (χ4n) is 0.728. The van der Waals surface area contributed by atoms with Crippen LogP contribution in [0.25, 0.3) is 0 Å². The van der Waals surface area contributed by atoms with E-state index in [2.05, 4.69) is 40.4 Å². The van der Waals surface area contributed by atoms with Crippen molar-refractivity contribution in [1.82, 2.24) is 0 Å². The molecule has 0 aliphatic heterocycles. The quantitative estimate of drug-likeness (QED) is 0.399. The molecule has 0 radical (unpaired) electrons. The molecular weight excluding hydrogens is 192 g/mol. The summed E-state index contributed by atoms with van der Waals surface area (Å²) in [6.45, 7) is 14.8. The van der Waals surface area contributed by atoms with Gasteiger partial charge in [-0.3, -0.25) is 0 Å². The summed E-state index contributed by atoms with van der Waals surface area (Å²) < 4.78 is 5.18. The van der Waals surface area contributed by atoms with Gasteiger partial charge in [0.1, 0.15) is 0 Å². The van der Waals surface area contributed by atoms with Crippen LogP contribution in [-0.4, -0.2) is 21.4 Å². The van der Waals surface area contributed by atoms with Gasteiger partial charge < -0.3 is 4.74 Å². The Labute approximate surface area is 89.0 Å². The molecule has 0 rings (SSSR count). The zero-order valence-electron chi connectivity index (χ0n) is 9.96. The minimum Gasteiger partial charge on any atom is -0.462 e. The fourth-order valence-corrected chi connectivity index (χ4v) is 1.28. The second kappa shape index (κ2) is 6.01. The third-order valence-corrected chi connectivity index (χ3v) is 4.20. The van der Waals surface area contributed by atoms with Crippen molar-refractivity contribution in [1.29, 1.82) is 0 Å². The lowest BCUT2D eigenvalue weighted by atomic mass is 9.99. The predicted molar refractivity (Wildman–Crippen MR) is 63.0 cm³/mol. The van der Waals surface area contributed by atoms with Crippen LogP contribution in [0.15, 0.2) is 11.8 Å². The minimum absolute atomic E-state index is 0.195. The maximum absolute atomic E-state index is 11.4. The van der Waals surface area contributed by atoms with E-state index < -0.39 is 8.80 Å². The molecule has 0 aliphatic rings. The van der Waals surface area contributed by atoms with Crippen LogP contribution >= 0.6 is 0 Å². The third kappa shape index (κ3) is 4.60. The summed E-state index contributed by atoms with van der Waals surface area (Å²) >= 11 is 0. The van der Waals surface area contributed by atoms with Crippen molar-refractivity contribution in [3.8, 4) is 0 Å². The van der Waals surface area contributed by atoms with Gasteiger partial charge in [-0.2, -0.15) is 0 Å². The van der Waals surface area contributed by atoms with E-state index in [-0.39, 0.29) is 5.97 Å². The summed E-state index contributed by atoms with van der Waals surface area (Å²) in [7, 11) is -1.08. The molecule has 0 amide bonds. The third-order valence-electron chi connectivity index (χ3n) is 2.57. The summed E-state index contributed by atoms with van der Waals surface area (Å²) in [5.41, 5.74) is 0. The molecule has 3 heteroatoms. The van der Waals surface area contributed by atoms with Gasteiger partial charge in [0.15, 0.2) is 0 Å². The fraction of sp³-hybridized carbons (Fsp3) is 0.727. The lowest BCUT2D eigenvalue weighted by molar-refractivity contribution is -0.139. The molecule has 0 saturated carbocycles. The first-order valence-electron chi connectivity index (χ1n) is 5.22. The van der Waals surface area contributed by atoms with Crippen molar-refractivity contribution < 1.29 is 9.53 Å². The minimum atomic E-state index is -1.08. The highest BCUT2D eigenvalue weighted by Crippen LogP contribution is 2.11. The van der Waals surface area contributed by atoms with Crippen molar-refractivity contribution in [2.75, 3.05) is 6.61 Å². The highest BCUT2D eigenvalue weighted by Gasteiger charge is 2.15. The smallest absolute Gasteiger partial charge is 0.328 e. The number of hydrogen-bond donors (Lipinski definition) is 0. The SMILES string of the molecule is C=C(C(=O)OCC(C)C(C)C)[SiH](C)C. The summed E-state index contributed by atoms with van der Waals surface area (Å²) in [4.78, 5) is 11.4. The van der Waals surface area contributed by atoms with Gasteiger partial charge in [0.25, 0.3) is 0 Å². The zero-order valence-corrected chi connectivity index (χ0v) is 11.1. The highest BCUT2D eigenvalue weighted by molar-refractivity contribution is 6.69. The molecule has 0 aromatic rings. The normalized spacial score (nSPS) is 13.1. The summed E-state index contributed by atoms with van der Waals surface area (Å²) in [6, 6.07) is 0. The summed E-state index contributed by atoms with van der Waals surface area (Å²) in [6.07, 6.45) is 0. The van der Waals surface area contributed by atoms with Gasteiger partial charge in [-0.25, -0.2) is 4.79 Å². The van der Waals surface area contributed by atoms with E-state index in [1.807, 2.05) is 0 Å². The van der Waals surface area contributed by atoms with Crippen LogP contribution in [0.4, 0.5) is 0 Å². The van der Waals surface area contributed by atoms with Crippen LogP contribution < -0.4 is 0 Å². The predicted octanol–water partition coefficient (Wildman–Crippen LogP) is 2.40. The highest BCUT2D eigenvalue weighted by atomic mass is 28.3. The lowest BCUT2D eigenvalue weighted by Gasteiger charge is -2.16. The van der Waals surface area contributed by atoms with Gasteiger partial charge in [0.2, 0.25) is 0 Å². The first-order valence-corrected chi connectivity index (χ1v) is 8.10. The Morgan fingerprint density at radius 2 is 1.86 bits per heavy atom. The molecule has 1 atom stereocenters. The van der Waals surface area contributed by atoms with E-state index >= 15 is 0 Å². The van der Waals surface area contributed by atoms with E-state index in [1.54, 1.807) is 0 Å². The van der Waals surface area contributed by atoms with Gasteiger partial charge in [0.05, 0.1) is 15.4 Å². The molecule has 0 aliphatic carbocycles. The van der Waals surface area contributed by atoms with Crippen molar-refractivity contribution >= 4 is 14.8 Å². The second-order valence-corrected chi connectivity index (χ2v) is 7.51. The van der Waals surface area contributed by atoms with Crippen LogP contribution in [0, 0.1) is 11.8 Å². The van der Waals surface area contributed by atoms with Crippen LogP contribution in [0.3, 0.4) is 0 Å². The van der Waals surface area contributed by atoms with Crippen LogP contribution in [-0.2, 0) is 9.53 Å². The second-order valence-electron chi connectivity index (χ2n) is 4.50. The zero-order chi connectivity index (χ0) is 11.3. The molecule has 0 aromatic carbocycles. The van der Waals surface area contributed by atoms with E-state index in [1.165, 1.54) is 0 Å². The Balaban J connectivity index is 3.91. The number of carbonyl (C=O) groups is 1. The van der Waals surface area contributed by atoms with E-state index in [0.29, 0.717) is 23.6 Å². The Morgan fingerprint density at radius 1 is 1.36 bits per heavy atom. The van der Waals surface area contributed by atoms with E-state index in [9.17, 15) is 4.79 Å². The molecular formula is C11H22O2Si. The molecule has 14 heavy (non-hydrogen) atoms. The van der Waals surface area contributed by atoms with Crippen molar-refractivity contribution in [2.45, 2.75) is 33.9 Å². The van der Waals surface area contributed by atoms with Crippen molar-refractivity contribution in [3.63, 3.8) is 0 Å². The number of ether oxygens (including phenoxy) is 1. The van der Waals surface area contributed by atoms with Gasteiger partial charge in [-0.15, -0.1) is 0 Å². The molecule has 82 valence electrons. The molecule has 0 aromatic heterocycles. The average Bonchev–Trinajstić information content (AvgIpc) is 2.11. The van der Waals surface area contributed by atoms with Gasteiger partial charge in [-0.05, 0) is 11.8 Å². The average molecular weight is 214 g/mol. The number of rotatable bonds is 5. The first-order chi connectivity index (χ1) is 6.36. The van der Waals surface area contributed by atoms with E-state index in [0.717, 1.165) is 0 Å². The monoisotopic (exact) mass is 214 g/mol. The molecule has 0 saturated heterocycles. The molecule has 0 N–H and O–H groups in total. The Bertz CT molecular complexity index is 209. The molecule has 0 spiro atoms. The topological polar surface area (TPSA) is 26.3 Å². The first kappa shape index (κ1) is 13.4. The van der Waals surface area contributed by atoms with E-state index in [4.69, 9.17) is 4.74 Å². The van der Waals surface area contributed by atoms with Crippen LogP contribution in [0.2, 0.25) is 13.1 Å². The number of esters is 1. The maximum Gasteiger partial charge on any atom is 0.328 e. The molecule has 0 bridgehead atoms. The largest absolute Gasteiger partial charge is 0.462 e.